The Morgan fingerprint density at radius 1 is 1.03 bits per heavy atom. The fourth-order valence-electron chi connectivity index (χ4n) is 4.76. The summed E-state index contributed by atoms with van der Waals surface area (Å²) in [5, 5.41) is 0. The van der Waals surface area contributed by atoms with Gasteiger partial charge in [0.15, 0.2) is 0 Å². The first-order valence-corrected chi connectivity index (χ1v) is 11.5. The Morgan fingerprint density at radius 2 is 1.81 bits per heavy atom. The van der Waals surface area contributed by atoms with E-state index in [4.69, 9.17) is 14.4 Å². The molecule has 1 amide bonds. The topological polar surface area (TPSA) is 69.0 Å². The largest absolute Gasteiger partial charge is 0.472 e. The van der Waals surface area contributed by atoms with Gasteiger partial charge >= 0.3 is 0 Å². The summed E-state index contributed by atoms with van der Waals surface area (Å²) in [5.41, 5.74) is 2.83. The van der Waals surface area contributed by atoms with Crippen LogP contribution in [-0.4, -0.2) is 78.5 Å². The summed E-state index contributed by atoms with van der Waals surface area (Å²) >= 11 is 0. The number of fused-ring (bicyclic) bond motifs is 1. The van der Waals surface area contributed by atoms with Crippen LogP contribution in [0, 0.1) is 5.92 Å². The fraction of sp³-hybridized carbons (Fsp3) is 0.609. The monoisotopic (exact) mass is 424 g/mol. The van der Waals surface area contributed by atoms with Crippen molar-refractivity contribution in [3.63, 3.8) is 0 Å². The zero-order valence-corrected chi connectivity index (χ0v) is 18.6. The highest BCUT2D eigenvalue weighted by molar-refractivity contribution is 5.94. The maximum Gasteiger partial charge on any atom is 0.257 e. The Bertz CT molecular complexity index is 914. The molecule has 2 aromatic rings. The van der Waals surface area contributed by atoms with Gasteiger partial charge in [-0.1, -0.05) is 6.92 Å². The van der Waals surface area contributed by atoms with E-state index in [1.54, 1.807) is 12.3 Å². The van der Waals surface area contributed by atoms with Crippen molar-refractivity contribution in [3.8, 4) is 0 Å². The van der Waals surface area contributed by atoms with Crippen LogP contribution in [0.3, 0.4) is 0 Å². The molecule has 8 nitrogen and oxygen atoms in total. The number of piperazine rings is 1. The number of aromatic nitrogens is 2. The molecule has 31 heavy (non-hydrogen) atoms. The van der Waals surface area contributed by atoms with Gasteiger partial charge in [-0.15, -0.1) is 0 Å². The normalized spacial score (nSPS) is 20.8. The van der Waals surface area contributed by atoms with Crippen LogP contribution in [0.5, 0.6) is 0 Å². The number of amides is 1. The molecule has 3 aliphatic rings. The van der Waals surface area contributed by atoms with E-state index in [2.05, 4.69) is 28.7 Å². The van der Waals surface area contributed by atoms with Crippen molar-refractivity contribution in [1.29, 1.82) is 0 Å². The third-order valence-corrected chi connectivity index (χ3v) is 6.95. The van der Waals surface area contributed by atoms with Gasteiger partial charge in [0.25, 0.3) is 5.91 Å². The number of likely N-dealkylation sites (N-methyl/N-ethyl adjacent to an activating group) is 1. The Labute approximate surface area is 183 Å². The third kappa shape index (κ3) is 4.13. The van der Waals surface area contributed by atoms with E-state index in [1.807, 2.05) is 4.90 Å². The number of furan rings is 1. The molecule has 3 aliphatic heterocycles. The minimum absolute atomic E-state index is 0.0146. The molecule has 166 valence electrons. The van der Waals surface area contributed by atoms with Crippen molar-refractivity contribution in [1.82, 2.24) is 19.8 Å². The summed E-state index contributed by atoms with van der Waals surface area (Å²) in [4.78, 5) is 32.0. The predicted octanol–water partition coefficient (Wildman–Crippen LogP) is 2.26. The van der Waals surface area contributed by atoms with Crippen molar-refractivity contribution in [2.75, 3.05) is 62.7 Å². The molecule has 5 rings (SSSR count). The van der Waals surface area contributed by atoms with Gasteiger partial charge < -0.3 is 24.0 Å². The summed E-state index contributed by atoms with van der Waals surface area (Å²) < 4.78 is 5.13. The molecule has 0 bridgehead atoms. The van der Waals surface area contributed by atoms with E-state index < -0.39 is 0 Å². The Kier molecular flexibility index (Phi) is 5.56. The van der Waals surface area contributed by atoms with Gasteiger partial charge in [0.1, 0.15) is 12.1 Å². The molecule has 0 radical (unpaired) electrons. The number of carbonyl (C=O) groups excluding carboxylic acids is 1. The molecular formula is C23H32N6O2. The number of hydrogen-bond donors (Lipinski definition) is 0. The van der Waals surface area contributed by atoms with Crippen LogP contribution in [-0.2, 0) is 13.0 Å². The van der Waals surface area contributed by atoms with E-state index >= 15 is 0 Å². The highest BCUT2D eigenvalue weighted by atomic mass is 16.3. The molecule has 0 saturated carbocycles. The SMILES string of the molecule is CC1CCN(c2nc(N3CCN(C)CC3)nc3c2CN(C(=O)c2ccoc2)CC3)CC1. The number of hydrogen-bond acceptors (Lipinski definition) is 7. The van der Waals surface area contributed by atoms with Gasteiger partial charge in [-0.2, -0.15) is 4.98 Å². The highest BCUT2D eigenvalue weighted by Gasteiger charge is 2.31. The first kappa shape index (κ1) is 20.3. The van der Waals surface area contributed by atoms with Crippen LogP contribution in [0.1, 0.15) is 41.4 Å². The lowest BCUT2D eigenvalue weighted by molar-refractivity contribution is 0.0733. The number of nitrogens with zero attached hydrogens (tertiary/aromatic N) is 6. The Balaban J connectivity index is 1.46. The summed E-state index contributed by atoms with van der Waals surface area (Å²) in [7, 11) is 2.16. The first-order chi connectivity index (χ1) is 15.1. The molecule has 0 aliphatic carbocycles. The van der Waals surface area contributed by atoms with Gasteiger partial charge in [-0.3, -0.25) is 4.79 Å². The number of anilines is 2. The van der Waals surface area contributed by atoms with E-state index in [-0.39, 0.29) is 5.91 Å². The predicted molar refractivity (Wildman–Crippen MR) is 120 cm³/mol. The maximum absolute atomic E-state index is 12.9. The first-order valence-electron chi connectivity index (χ1n) is 11.5. The van der Waals surface area contributed by atoms with Crippen molar-refractivity contribution in [2.45, 2.75) is 32.7 Å². The summed E-state index contributed by atoms with van der Waals surface area (Å²) in [5.74, 6) is 2.66. The number of piperidine rings is 1. The standard InChI is InChI=1S/C23H32N6O2/c1-17-3-7-27(8-4-17)21-19-15-29(22(30)18-6-14-31-16-18)9-5-20(19)24-23(25-21)28-12-10-26(2)11-13-28/h6,14,16-17H,3-5,7-13,15H2,1-2H3. The molecule has 0 atom stereocenters. The van der Waals surface area contributed by atoms with Gasteiger partial charge in [-0.05, 0) is 31.9 Å². The Morgan fingerprint density at radius 3 is 2.52 bits per heavy atom. The second-order valence-electron chi connectivity index (χ2n) is 9.22. The van der Waals surface area contributed by atoms with Crippen molar-refractivity contribution in [3.05, 3.63) is 35.4 Å². The van der Waals surface area contributed by atoms with Crippen LogP contribution >= 0.6 is 0 Å². The van der Waals surface area contributed by atoms with Crippen LogP contribution in [0.4, 0.5) is 11.8 Å². The average molecular weight is 425 g/mol. The molecule has 2 saturated heterocycles. The minimum atomic E-state index is 0.0146. The zero-order valence-electron chi connectivity index (χ0n) is 18.6. The maximum atomic E-state index is 12.9. The van der Waals surface area contributed by atoms with Gasteiger partial charge in [0.2, 0.25) is 5.95 Å². The zero-order chi connectivity index (χ0) is 21.4. The smallest absolute Gasteiger partial charge is 0.257 e. The fourth-order valence-corrected chi connectivity index (χ4v) is 4.76. The molecule has 8 heteroatoms. The molecule has 5 heterocycles. The van der Waals surface area contributed by atoms with E-state index in [0.29, 0.717) is 18.7 Å². The van der Waals surface area contributed by atoms with Crippen molar-refractivity contribution >= 4 is 17.7 Å². The van der Waals surface area contributed by atoms with Crippen LogP contribution < -0.4 is 9.80 Å². The lowest BCUT2D eigenvalue weighted by atomic mass is 9.98. The second kappa shape index (κ2) is 8.49. The number of carbonyl (C=O) groups is 1. The quantitative estimate of drug-likeness (QED) is 0.749. The second-order valence-corrected chi connectivity index (χ2v) is 9.22. The summed E-state index contributed by atoms with van der Waals surface area (Å²) in [6, 6.07) is 1.73. The van der Waals surface area contributed by atoms with Crippen molar-refractivity contribution < 1.29 is 9.21 Å². The highest BCUT2D eigenvalue weighted by Crippen LogP contribution is 2.32. The van der Waals surface area contributed by atoms with Gasteiger partial charge in [0, 0.05) is 57.8 Å². The summed E-state index contributed by atoms with van der Waals surface area (Å²) in [6.07, 6.45) is 6.20. The lowest BCUT2D eigenvalue weighted by Gasteiger charge is -2.38. The van der Waals surface area contributed by atoms with Crippen LogP contribution in [0.25, 0.3) is 0 Å². The number of rotatable bonds is 3. The Hall–Kier alpha value is -2.61. The van der Waals surface area contributed by atoms with Gasteiger partial charge in [-0.25, -0.2) is 4.98 Å². The summed E-state index contributed by atoms with van der Waals surface area (Å²) in [6.45, 7) is 9.57. The van der Waals surface area contributed by atoms with Crippen molar-refractivity contribution in [2.24, 2.45) is 5.92 Å². The molecule has 2 fully saturated rings. The van der Waals surface area contributed by atoms with E-state index in [9.17, 15) is 4.79 Å². The molecule has 2 aromatic heterocycles. The van der Waals surface area contributed by atoms with E-state index in [1.165, 1.54) is 19.1 Å². The van der Waals surface area contributed by atoms with E-state index in [0.717, 1.165) is 74.6 Å². The average Bonchev–Trinajstić information content (AvgIpc) is 3.34. The van der Waals surface area contributed by atoms with Crippen LogP contribution in [0.15, 0.2) is 23.0 Å². The van der Waals surface area contributed by atoms with Gasteiger partial charge in [0.05, 0.1) is 24.1 Å². The van der Waals surface area contributed by atoms with Crippen LogP contribution in [0.2, 0.25) is 0 Å². The minimum Gasteiger partial charge on any atom is -0.472 e. The molecule has 0 spiro atoms. The lowest BCUT2D eigenvalue weighted by Crippen LogP contribution is -2.46. The molecular weight excluding hydrogens is 392 g/mol. The molecule has 0 aromatic carbocycles. The molecule has 0 N–H and O–H groups in total. The third-order valence-electron chi connectivity index (χ3n) is 6.95. The molecule has 0 unspecified atom stereocenters.